The van der Waals surface area contributed by atoms with Gasteiger partial charge in [0, 0.05) is 18.2 Å². The predicted molar refractivity (Wildman–Crippen MR) is 117 cm³/mol. The summed E-state index contributed by atoms with van der Waals surface area (Å²) < 4.78 is 8.73. The number of imidazole rings is 1. The third kappa shape index (κ3) is 3.73. The Hall–Kier alpha value is -3.04. The summed E-state index contributed by atoms with van der Waals surface area (Å²) in [6.45, 7) is 2.04. The van der Waals surface area contributed by atoms with Gasteiger partial charge in [0.15, 0.2) is 16.3 Å². The summed E-state index contributed by atoms with van der Waals surface area (Å²) in [5.41, 5.74) is -0.561. The highest BCUT2D eigenvalue weighted by Crippen LogP contribution is 2.27. The molecule has 4 rings (SSSR count). The maximum Gasteiger partial charge on any atom is 0.329 e. The van der Waals surface area contributed by atoms with Crippen LogP contribution in [0.2, 0.25) is 0 Å². The Morgan fingerprint density at radius 2 is 1.97 bits per heavy atom. The molecule has 0 saturated carbocycles. The molecule has 2 N–H and O–H groups in total. The van der Waals surface area contributed by atoms with E-state index in [4.69, 9.17) is 4.74 Å². The van der Waals surface area contributed by atoms with E-state index in [-0.39, 0.29) is 17.7 Å². The van der Waals surface area contributed by atoms with E-state index in [1.165, 1.54) is 16.3 Å². The first kappa shape index (κ1) is 20.2. The van der Waals surface area contributed by atoms with Gasteiger partial charge < -0.3 is 14.4 Å². The molecular weight excluding hydrogens is 404 g/mol. The Morgan fingerprint density at radius 1 is 1.20 bits per heavy atom. The van der Waals surface area contributed by atoms with Gasteiger partial charge in [-0.1, -0.05) is 55.1 Å². The molecule has 0 aliphatic carbocycles. The van der Waals surface area contributed by atoms with E-state index in [2.05, 4.69) is 9.97 Å². The second-order valence-corrected chi connectivity index (χ2v) is 7.96. The number of thioether (sulfide) groups is 1. The lowest BCUT2D eigenvalue weighted by Gasteiger charge is -2.17. The molecule has 2 aromatic heterocycles. The summed E-state index contributed by atoms with van der Waals surface area (Å²) in [6.07, 6.45) is -0.302. The number of aliphatic hydroxyl groups is 1. The van der Waals surface area contributed by atoms with Gasteiger partial charge in [0.1, 0.15) is 5.75 Å². The smallest absolute Gasteiger partial charge is 0.329 e. The number of ether oxygens (including phenoxy) is 1. The fourth-order valence-corrected chi connectivity index (χ4v) is 4.19. The lowest BCUT2D eigenvalue weighted by Crippen LogP contribution is -2.30. The van der Waals surface area contributed by atoms with Crippen molar-refractivity contribution in [1.29, 1.82) is 0 Å². The second-order valence-electron chi connectivity index (χ2n) is 6.89. The molecular formula is C21H22N4O4S. The standard InChI is InChI=1S/C21H22N4O4S/c1-3-11-30-21-22-18-17(19(27)23-20(28)24(18)2)25(21)12-16(26)29-15-10-6-8-13-7-4-5-9-14(13)15/h4-10,16,26H,3,11-12H2,1-2H3,(H,23,27,28)/t16-/m0/s1. The Kier molecular flexibility index (Phi) is 5.65. The van der Waals surface area contributed by atoms with Gasteiger partial charge in [-0.25, -0.2) is 9.78 Å². The van der Waals surface area contributed by atoms with Gasteiger partial charge >= 0.3 is 5.69 Å². The number of rotatable bonds is 7. The zero-order chi connectivity index (χ0) is 21.3. The molecule has 2 heterocycles. The van der Waals surface area contributed by atoms with E-state index >= 15 is 0 Å². The summed E-state index contributed by atoms with van der Waals surface area (Å²) in [5, 5.41) is 13.1. The van der Waals surface area contributed by atoms with Crippen LogP contribution in [0.15, 0.2) is 57.2 Å². The van der Waals surface area contributed by atoms with Crippen LogP contribution in [0.4, 0.5) is 0 Å². The minimum atomic E-state index is -1.22. The highest BCUT2D eigenvalue weighted by atomic mass is 32.2. The van der Waals surface area contributed by atoms with Crippen LogP contribution >= 0.6 is 11.8 Å². The molecule has 0 saturated heterocycles. The first-order valence-electron chi connectivity index (χ1n) is 9.64. The molecule has 0 bridgehead atoms. The number of benzene rings is 2. The summed E-state index contributed by atoms with van der Waals surface area (Å²) in [4.78, 5) is 31.2. The zero-order valence-corrected chi connectivity index (χ0v) is 17.5. The first-order chi connectivity index (χ1) is 14.5. The number of hydrogen-bond acceptors (Lipinski definition) is 6. The molecule has 8 nitrogen and oxygen atoms in total. The number of hydrogen-bond donors (Lipinski definition) is 2. The molecule has 0 fully saturated rings. The van der Waals surface area contributed by atoms with Crippen molar-refractivity contribution < 1.29 is 9.84 Å². The van der Waals surface area contributed by atoms with Gasteiger partial charge in [0.25, 0.3) is 5.56 Å². The normalized spacial score (nSPS) is 12.5. The van der Waals surface area contributed by atoms with E-state index in [1.54, 1.807) is 17.7 Å². The number of H-pyrrole nitrogens is 1. The molecule has 0 aliphatic rings. The third-order valence-electron chi connectivity index (χ3n) is 4.76. The fourth-order valence-electron chi connectivity index (χ4n) is 3.33. The molecule has 0 radical (unpaired) electrons. The van der Waals surface area contributed by atoms with Crippen molar-refractivity contribution in [3.05, 3.63) is 63.3 Å². The Morgan fingerprint density at radius 3 is 2.77 bits per heavy atom. The molecule has 30 heavy (non-hydrogen) atoms. The van der Waals surface area contributed by atoms with E-state index < -0.39 is 17.5 Å². The molecule has 2 aromatic carbocycles. The lowest BCUT2D eigenvalue weighted by atomic mass is 10.1. The van der Waals surface area contributed by atoms with Crippen LogP contribution in [0.5, 0.6) is 5.75 Å². The van der Waals surface area contributed by atoms with Crippen molar-refractivity contribution in [2.75, 3.05) is 5.75 Å². The van der Waals surface area contributed by atoms with Crippen molar-refractivity contribution >= 4 is 33.7 Å². The molecule has 0 amide bonds. The van der Waals surface area contributed by atoms with Crippen LogP contribution in [0, 0.1) is 0 Å². The van der Waals surface area contributed by atoms with Crippen LogP contribution in [-0.2, 0) is 13.6 Å². The minimum absolute atomic E-state index is 0.00689. The maximum absolute atomic E-state index is 12.5. The third-order valence-corrected chi connectivity index (χ3v) is 5.94. The molecule has 9 heteroatoms. The highest BCUT2D eigenvalue weighted by Gasteiger charge is 2.20. The summed E-state index contributed by atoms with van der Waals surface area (Å²) in [5.74, 6) is 1.34. The number of nitrogens with zero attached hydrogens (tertiary/aromatic N) is 3. The van der Waals surface area contributed by atoms with Crippen LogP contribution in [-0.4, -0.2) is 36.3 Å². The number of aromatic nitrogens is 4. The fraction of sp³-hybridized carbons (Fsp3) is 0.286. The number of nitrogens with one attached hydrogen (secondary N) is 1. The van der Waals surface area contributed by atoms with Crippen molar-refractivity contribution in [1.82, 2.24) is 19.1 Å². The molecule has 156 valence electrons. The SMILES string of the molecule is CCCSc1nc2c(c(=O)[nH]c(=O)n2C)n1C[C@@H](O)Oc1cccc2ccccc12. The van der Waals surface area contributed by atoms with E-state index in [0.29, 0.717) is 10.9 Å². The van der Waals surface area contributed by atoms with E-state index in [9.17, 15) is 14.7 Å². The van der Waals surface area contributed by atoms with Gasteiger partial charge in [-0.15, -0.1) is 0 Å². The Bertz CT molecular complexity index is 1320. The molecule has 0 spiro atoms. The van der Waals surface area contributed by atoms with E-state index in [1.807, 2.05) is 43.3 Å². The molecule has 1 atom stereocenters. The average Bonchev–Trinajstić information content (AvgIpc) is 3.09. The summed E-state index contributed by atoms with van der Waals surface area (Å²) in [7, 11) is 1.55. The minimum Gasteiger partial charge on any atom is -0.463 e. The van der Waals surface area contributed by atoms with Crippen molar-refractivity contribution in [3.63, 3.8) is 0 Å². The van der Waals surface area contributed by atoms with E-state index in [0.717, 1.165) is 22.9 Å². The van der Waals surface area contributed by atoms with Crippen molar-refractivity contribution in [3.8, 4) is 5.75 Å². The largest absolute Gasteiger partial charge is 0.463 e. The van der Waals surface area contributed by atoms with Gasteiger partial charge in [-0.3, -0.25) is 14.3 Å². The van der Waals surface area contributed by atoms with Gasteiger partial charge in [-0.2, -0.15) is 0 Å². The summed E-state index contributed by atoms with van der Waals surface area (Å²) in [6, 6.07) is 13.4. The van der Waals surface area contributed by atoms with Crippen LogP contribution < -0.4 is 16.0 Å². The van der Waals surface area contributed by atoms with Gasteiger partial charge in [-0.05, 0) is 17.9 Å². The number of aromatic amines is 1. The molecule has 0 aliphatic heterocycles. The van der Waals surface area contributed by atoms with Gasteiger partial charge in [0.2, 0.25) is 6.29 Å². The summed E-state index contributed by atoms with van der Waals surface area (Å²) >= 11 is 1.46. The quantitative estimate of drug-likeness (QED) is 0.348. The number of fused-ring (bicyclic) bond motifs is 2. The monoisotopic (exact) mass is 426 g/mol. The maximum atomic E-state index is 12.5. The van der Waals surface area contributed by atoms with Crippen molar-refractivity contribution in [2.24, 2.45) is 7.05 Å². The Labute approximate surface area is 176 Å². The van der Waals surface area contributed by atoms with Gasteiger partial charge in [0.05, 0.1) is 6.54 Å². The lowest BCUT2D eigenvalue weighted by molar-refractivity contribution is -0.0291. The number of aryl methyl sites for hydroxylation is 1. The van der Waals surface area contributed by atoms with Crippen LogP contribution in [0.25, 0.3) is 21.9 Å². The topological polar surface area (TPSA) is 102 Å². The number of aliphatic hydroxyl groups excluding tert-OH is 1. The van der Waals surface area contributed by atoms with Crippen LogP contribution in [0.3, 0.4) is 0 Å². The predicted octanol–water partition coefficient (Wildman–Crippen LogP) is 2.48. The zero-order valence-electron chi connectivity index (χ0n) is 16.7. The van der Waals surface area contributed by atoms with Crippen molar-refractivity contribution in [2.45, 2.75) is 31.3 Å². The highest BCUT2D eigenvalue weighted by molar-refractivity contribution is 7.99. The Balaban J connectivity index is 1.72. The average molecular weight is 426 g/mol. The van der Waals surface area contributed by atoms with Crippen LogP contribution in [0.1, 0.15) is 13.3 Å². The molecule has 4 aromatic rings. The second kappa shape index (κ2) is 8.37. The first-order valence-corrected chi connectivity index (χ1v) is 10.6. The molecule has 0 unspecified atom stereocenters.